The van der Waals surface area contributed by atoms with E-state index in [2.05, 4.69) is 56.7 Å². The van der Waals surface area contributed by atoms with Gasteiger partial charge in [-0.3, -0.25) is 0 Å². The molecule has 1 aliphatic rings. The zero-order valence-electron chi connectivity index (χ0n) is 9.22. The van der Waals surface area contributed by atoms with E-state index in [-0.39, 0.29) is 5.60 Å². The number of benzene rings is 1. The summed E-state index contributed by atoms with van der Waals surface area (Å²) in [6, 6.07) is 8.37. The second-order valence-corrected chi connectivity index (χ2v) is 6.12. The Morgan fingerprint density at radius 1 is 1.31 bits per heavy atom. The second kappa shape index (κ2) is 5.83. The van der Waals surface area contributed by atoms with Gasteiger partial charge in [-0.2, -0.15) is 0 Å². The van der Waals surface area contributed by atoms with Crippen LogP contribution < -0.4 is 0 Å². The molecule has 1 aromatic rings. The zero-order chi connectivity index (χ0) is 11.4. The van der Waals surface area contributed by atoms with Gasteiger partial charge < -0.3 is 4.74 Å². The van der Waals surface area contributed by atoms with Gasteiger partial charge in [0.15, 0.2) is 0 Å². The molecule has 1 saturated carbocycles. The maximum atomic E-state index is 6.15. The normalized spacial score (nSPS) is 18.9. The molecular weight excluding hydrogens is 379 g/mol. The molecule has 2 rings (SSSR count). The van der Waals surface area contributed by atoms with Gasteiger partial charge in [0.1, 0.15) is 0 Å². The first-order valence-corrected chi connectivity index (χ1v) is 8.00. The summed E-state index contributed by atoms with van der Waals surface area (Å²) < 4.78 is 8.39. The van der Waals surface area contributed by atoms with Gasteiger partial charge >= 0.3 is 0 Å². The average Bonchev–Trinajstić information content (AvgIpc) is 2.76. The van der Waals surface area contributed by atoms with Gasteiger partial charge in [0.2, 0.25) is 0 Å². The largest absolute Gasteiger partial charge is 0.370 e. The standard InChI is InChI=1S/C13H16BrIO/c14-12-5-3-4-11(8-12)9-16-13(10-15)6-1-2-7-13/h3-5,8H,1-2,6-7,9-10H2. The van der Waals surface area contributed by atoms with Crippen LogP contribution in [0.15, 0.2) is 28.7 Å². The van der Waals surface area contributed by atoms with E-state index < -0.39 is 0 Å². The fraction of sp³-hybridized carbons (Fsp3) is 0.538. The van der Waals surface area contributed by atoms with Crippen molar-refractivity contribution < 1.29 is 4.74 Å². The Labute approximate surface area is 119 Å². The highest BCUT2D eigenvalue weighted by Gasteiger charge is 2.33. The van der Waals surface area contributed by atoms with Crippen LogP contribution in [-0.2, 0) is 11.3 Å². The minimum Gasteiger partial charge on any atom is -0.370 e. The molecule has 16 heavy (non-hydrogen) atoms. The topological polar surface area (TPSA) is 9.23 Å². The van der Waals surface area contributed by atoms with Crippen LogP contribution in [0.5, 0.6) is 0 Å². The molecule has 0 aliphatic heterocycles. The van der Waals surface area contributed by atoms with E-state index in [0.29, 0.717) is 0 Å². The van der Waals surface area contributed by atoms with E-state index in [1.54, 1.807) is 0 Å². The quantitative estimate of drug-likeness (QED) is 0.530. The molecule has 0 radical (unpaired) electrons. The van der Waals surface area contributed by atoms with E-state index in [9.17, 15) is 0 Å². The van der Waals surface area contributed by atoms with Crippen molar-refractivity contribution in [3.63, 3.8) is 0 Å². The fourth-order valence-corrected chi connectivity index (χ4v) is 3.63. The molecular formula is C13H16BrIO. The summed E-state index contributed by atoms with van der Waals surface area (Å²) in [5, 5.41) is 0. The van der Waals surface area contributed by atoms with Crippen molar-refractivity contribution in [3.05, 3.63) is 34.3 Å². The van der Waals surface area contributed by atoms with Crippen LogP contribution in [-0.4, -0.2) is 10.0 Å². The number of halogens is 2. The molecule has 1 aromatic carbocycles. The highest BCUT2D eigenvalue weighted by Crippen LogP contribution is 2.35. The summed E-state index contributed by atoms with van der Waals surface area (Å²) >= 11 is 5.95. The highest BCUT2D eigenvalue weighted by molar-refractivity contribution is 14.1. The molecule has 0 bridgehead atoms. The molecule has 0 unspecified atom stereocenters. The van der Waals surface area contributed by atoms with Gasteiger partial charge in [-0.15, -0.1) is 0 Å². The molecule has 88 valence electrons. The monoisotopic (exact) mass is 394 g/mol. The van der Waals surface area contributed by atoms with Crippen LogP contribution in [0.3, 0.4) is 0 Å². The second-order valence-electron chi connectivity index (χ2n) is 4.44. The Hall–Kier alpha value is 0.390. The van der Waals surface area contributed by atoms with Crippen molar-refractivity contribution in [1.29, 1.82) is 0 Å². The molecule has 1 nitrogen and oxygen atoms in total. The predicted molar refractivity (Wildman–Crippen MR) is 79.0 cm³/mol. The first-order valence-electron chi connectivity index (χ1n) is 5.68. The van der Waals surface area contributed by atoms with Crippen LogP contribution >= 0.6 is 38.5 Å². The molecule has 0 saturated heterocycles. The lowest BCUT2D eigenvalue weighted by Crippen LogP contribution is -2.30. The van der Waals surface area contributed by atoms with Crippen LogP contribution in [0.1, 0.15) is 31.2 Å². The minimum atomic E-state index is 0.156. The molecule has 1 aliphatic carbocycles. The van der Waals surface area contributed by atoms with E-state index in [1.807, 2.05) is 6.07 Å². The van der Waals surface area contributed by atoms with E-state index in [0.717, 1.165) is 15.5 Å². The SMILES string of the molecule is Brc1cccc(COC2(CI)CCCC2)c1. The van der Waals surface area contributed by atoms with Gasteiger partial charge in [-0.25, -0.2) is 0 Å². The summed E-state index contributed by atoms with van der Waals surface area (Å²) in [6.45, 7) is 0.739. The lowest BCUT2D eigenvalue weighted by atomic mass is 10.1. The molecule has 0 atom stereocenters. The van der Waals surface area contributed by atoms with Crippen molar-refractivity contribution in [2.45, 2.75) is 37.9 Å². The first kappa shape index (κ1) is 12.8. The van der Waals surface area contributed by atoms with Crippen LogP contribution in [0, 0.1) is 0 Å². The van der Waals surface area contributed by atoms with Crippen molar-refractivity contribution in [1.82, 2.24) is 0 Å². The molecule has 0 heterocycles. The highest BCUT2D eigenvalue weighted by atomic mass is 127. The van der Waals surface area contributed by atoms with E-state index >= 15 is 0 Å². The number of rotatable bonds is 4. The number of alkyl halides is 1. The summed E-state index contributed by atoms with van der Waals surface area (Å²) in [5.41, 5.74) is 1.41. The zero-order valence-corrected chi connectivity index (χ0v) is 13.0. The van der Waals surface area contributed by atoms with Gasteiger partial charge in [-0.1, -0.05) is 63.5 Å². The molecule has 1 fully saturated rings. The molecule has 0 aromatic heterocycles. The van der Waals surface area contributed by atoms with Crippen molar-refractivity contribution in [3.8, 4) is 0 Å². The summed E-state index contributed by atoms with van der Waals surface area (Å²) in [6.07, 6.45) is 5.09. The Bertz CT molecular complexity index is 348. The third-order valence-corrected chi connectivity index (χ3v) is 5.08. The molecule has 3 heteroatoms. The number of ether oxygens (including phenoxy) is 1. The number of hydrogen-bond acceptors (Lipinski definition) is 1. The summed E-state index contributed by atoms with van der Waals surface area (Å²) in [5.74, 6) is 0. The lowest BCUT2D eigenvalue weighted by molar-refractivity contribution is -0.0317. The van der Waals surface area contributed by atoms with E-state index in [1.165, 1.54) is 31.2 Å². The number of hydrogen-bond donors (Lipinski definition) is 0. The van der Waals surface area contributed by atoms with Gasteiger partial charge in [-0.05, 0) is 30.5 Å². The van der Waals surface area contributed by atoms with Gasteiger partial charge in [0.05, 0.1) is 12.2 Å². The fourth-order valence-electron chi connectivity index (χ4n) is 2.20. The van der Waals surface area contributed by atoms with Crippen molar-refractivity contribution in [2.24, 2.45) is 0 Å². The first-order chi connectivity index (χ1) is 7.74. The van der Waals surface area contributed by atoms with Crippen molar-refractivity contribution >= 4 is 38.5 Å². The maximum absolute atomic E-state index is 6.15. The Balaban J connectivity index is 1.95. The third kappa shape index (κ3) is 3.20. The third-order valence-electron chi connectivity index (χ3n) is 3.19. The summed E-state index contributed by atoms with van der Waals surface area (Å²) in [4.78, 5) is 0. The maximum Gasteiger partial charge on any atom is 0.0776 e. The Morgan fingerprint density at radius 2 is 2.06 bits per heavy atom. The predicted octanol–water partition coefficient (Wildman–Crippen LogP) is 4.71. The molecule has 0 spiro atoms. The Morgan fingerprint density at radius 3 is 2.69 bits per heavy atom. The Kier molecular flexibility index (Phi) is 4.67. The van der Waals surface area contributed by atoms with Crippen LogP contribution in [0.25, 0.3) is 0 Å². The average molecular weight is 395 g/mol. The molecule has 0 N–H and O–H groups in total. The summed E-state index contributed by atoms with van der Waals surface area (Å²) in [7, 11) is 0. The smallest absolute Gasteiger partial charge is 0.0776 e. The molecule has 0 amide bonds. The van der Waals surface area contributed by atoms with Crippen LogP contribution in [0.4, 0.5) is 0 Å². The van der Waals surface area contributed by atoms with Crippen molar-refractivity contribution in [2.75, 3.05) is 4.43 Å². The lowest BCUT2D eigenvalue weighted by Gasteiger charge is -2.27. The van der Waals surface area contributed by atoms with Crippen LogP contribution in [0.2, 0.25) is 0 Å². The van der Waals surface area contributed by atoms with E-state index in [4.69, 9.17) is 4.74 Å². The van der Waals surface area contributed by atoms with Gasteiger partial charge in [0, 0.05) is 8.90 Å². The minimum absolute atomic E-state index is 0.156. The van der Waals surface area contributed by atoms with Gasteiger partial charge in [0.25, 0.3) is 0 Å².